The Bertz CT molecular complexity index is 494. The van der Waals surface area contributed by atoms with Crippen LogP contribution in [0.2, 0.25) is 0 Å². The predicted octanol–water partition coefficient (Wildman–Crippen LogP) is 2.09. The molecular weight excluding hydrogens is 290 g/mol. The van der Waals surface area contributed by atoms with E-state index in [1.807, 2.05) is 18.2 Å². The molecule has 0 aromatic heterocycles. The van der Waals surface area contributed by atoms with E-state index in [2.05, 4.69) is 27.7 Å². The number of hydrogen-bond donors (Lipinski definition) is 2. The fourth-order valence-electron chi connectivity index (χ4n) is 3.64. The first-order valence-corrected chi connectivity index (χ1v) is 8.70. The van der Waals surface area contributed by atoms with Crippen LogP contribution in [0.3, 0.4) is 0 Å². The SMILES string of the molecule is O=C(NCCN1CCOCC1)NC1(c2ccccc2)CCCC1. The highest BCUT2D eigenvalue weighted by molar-refractivity contribution is 5.75. The van der Waals surface area contributed by atoms with Gasteiger partial charge in [0.25, 0.3) is 0 Å². The van der Waals surface area contributed by atoms with Gasteiger partial charge in [0.15, 0.2) is 0 Å². The monoisotopic (exact) mass is 317 g/mol. The third-order valence-corrected chi connectivity index (χ3v) is 4.95. The number of urea groups is 1. The smallest absolute Gasteiger partial charge is 0.315 e. The molecule has 5 heteroatoms. The minimum absolute atomic E-state index is 0.0518. The second-order valence-electron chi connectivity index (χ2n) is 6.49. The number of amides is 2. The molecule has 0 radical (unpaired) electrons. The normalized spacial score (nSPS) is 21.0. The average Bonchev–Trinajstić information content (AvgIpc) is 3.06. The Morgan fingerprint density at radius 1 is 1.13 bits per heavy atom. The molecule has 1 aliphatic carbocycles. The molecule has 0 bridgehead atoms. The molecule has 1 heterocycles. The molecule has 2 aliphatic rings. The van der Waals surface area contributed by atoms with Gasteiger partial charge in [-0.05, 0) is 18.4 Å². The van der Waals surface area contributed by atoms with Crippen LogP contribution in [0.25, 0.3) is 0 Å². The van der Waals surface area contributed by atoms with Gasteiger partial charge in [-0.25, -0.2) is 4.79 Å². The third kappa shape index (κ3) is 4.24. The summed E-state index contributed by atoms with van der Waals surface area (Å²) in [5.74, 6) is 0. The minimum atomic E-state index is -0.190. The Labute approximate surface area is 138 Å². The van der Waals surface area contributed by atoms with Crippen molar-refractivity contribution in [3.05, 3.63) is 35.9 Å². The van der Waals surface area contributed by atoms with Crippen LogP contribution in [0.5, 0.6) is 0 Å². The third-order valence-electron chi connectivity index (χ3n) is 4.95. The van der Waals surface area contributed by atoms with E-state index < -0.39 is 0 Å². The maximum Gasteiger partial charge on any atom is 0.315 e. The molecule has 0 atom stereocenters. The molecule has 1 saturated heterocycles. The molecule has 0 unspecified atom stereocenters. The summed E-state index contributed by atoms with van der Waals surface area (Å²) in [5.41, 5.74) is 1.03. The Balaban J connectivity index is 1.51. The van der Waals surface area contributed by atoms with Gasteiger partial charge in [-0.1, -0.05) is 43.2 Å². The molecule has 126 valence electrons. The molecule has 3 rings (SSSR count). The maximum atomic E-state index is 12.4. The van der Waals surface area contributed by atoms with Gasteiger partial charge in [0.1, 0.15) is 0 Å². The molecule has 1 saturated carbocycles. The lowest BCUT2D eigenvalue weighted by Gasteiger charge is -2.31. The summed E-state index contributed by atoms with van der Waals surface area (Å²) < 4.78 is 5.34. The van der Waals surface area contributed by atoms with E-state index in [0.717, 1.165) is 45.7 Å². The highest BCUT2D eigenvalue weighted by Crippen LogP contribution is 2.38. The lowest BCUT2D eigenvalue weighted by atomic mass is 9.88. The fraction of sp³-hybridized carbons (Fsp3) is 0.611. The molecule has 1 aromatic carbocycles. The lowest BCUT2D eigenvalue weighted by molar-refractivity contribution is 0.0387. The van der Waals surface area contributed by atoms with E-state index in [1.165, 1.54) is 18.4 Å². The van der Waals surface area contributed by atoms with Crippen molar-refractivity contribution in [3.8, 4) is 0 Å². The maximum absolute atomic E-state index is 12.4. The van der Waals surface area contributed by atoms with E-state index in [4.69, 9.17) is 4.74 Å². The molecular formula is C18H27N3O2. The first-order valence-electron chi connectivity index (χ1n) is 8.70. The zero-order valence-corrected chi connectivity index (χ0v) is 13.7. The number of carbonyl (C=O) groups is 1. The number of rotatable bonds is 5. The minimum Gasteiger partial charge on any atom is -0.379 e. The van der Waals surface area contributed by atoms with Crippen LogP contribution in [-0.2, 0) is 10.3 Å². The average molecular weight is 317 g/mol. The first kappa shape index (κ1) is 16.3. The molecule has 1 aromatic rings. The van der Waals surface area contributed by atoms with Crippen molar-refractivity contribution in [2.75, 3.05) is 39.4 Å². The van der Waals surface area contributed by atoms with Gasteiger partial charge in [-0.2, -0.15) is 0 Å². The Morgan fingerprint density at radius 3 is 2.52 bits per heavy atom. The van der Waals surface area contributed by atoms with Crippen LogP contribution in [0.15, 0.2) is 30.3 Å². The van der Waals surface area contributed by atoms with Crippen LogP contribution in [0.1, 0.15) is 31.2 Å². The predicted molar refractivity (Wildman–Crippen MR) is 90.4 cm³/mol. The Hall–Kier alpha value is -1.59. The van der Waals surface area contributed by atoms with E-state index >= 15 is 0 Å². The number of benzene rings is 1. The van der Waals surface area contributed by atoms with Gasteiger partial charge < -0.3 is 15.4 Å². The van der Waals surface area contributed by atoms with E-state index in [9.17, 15) is 4.79 Å². The van der Waals surface area contributed by atoms with E-state index in [1.54, 1.807) is 0 Å². The van der Waals surface area contributed by atoms with Crippen LogP contribution in [-0.4, -0.2) is 50.3 Å². The van der Waals surface area contributed by atoms with Crippen LogP contribution in [0, 0.1) is 0 Å². The van der Waals surface area contributed by atoms with Crippen molar-refractivity contribution >= 4 is 6.03 Å². The molecule has 0 spiro atoms. The Morgan fingerprint density at radius 2 is 1.83 bits per heavy atom. The lowest BCUT2D eigenvalue weighted by Crippen LogP contribution is -2.50. The summed E-state index contributed by atoms with van der Waals surface area (Å²) in [7, 11) is 0. The van der Waals surface area contributed by atoms with Crippen molar-refractivity contribution in [3.63, 3.8) is 0 Å². The van der Waals surface area contributed by atoms with Crippen LogP contribution >= 0.6 is 0 Å². The van der Waals surface area contributed by atoms with Gasteiger partial charge >= 0.3 is 6.03 Å². The summed E-state index contributed by atoms with van der Waals surface area (Å²) in [4.78, 5) is 14.7. The van der Waals surface area contributed by atoms with Gasteiger partial charge in [-0.3, -0.25) is 4.90 Å². The zero-order chi connectivity index (χ0) is 16.0. The number of hydrogen-bond acceptors (Lipinski definition) is 3. The van der Waals surface area contributed by atoms with Crippen molar-refractivity contribution in [1.82, 2.24) is 15.5 Å². The summed E-state index contributed by atoms with van der Waals surface area (Å²) in [5, 5.41) is 6.27. The van der Waals surface area contributed by atoms with Crippen molar-refractivity contribution in [2.45, 2.75) is 31.2 Å². The second kappa shape index (κ2) is 7.79. The van der Waals surface area contributed by atoms with Gasteiger partial charge in [0.05, 0.1) is 18.8 Å². The topological polar surface area (TPSA) is 53.6 Å². The second-order valence-corrected chi connectivity index (χ2v) is 6.49. The molecule has 23 heavy (non-hydrogen) atoms. The summed E-state index contributed by atoms with van der Waals surface area (Å²) >= 11 is 0. The zero-order valence-electron chi connectivity index (χ0n) is 13.7. The molecule has 2 fully saturated rings. The number of nitrogens with zero attached hydrogens (tertiary/aromatic N) is 1. The molecule has 5 nitrogen and oxygen atoms in total. The van der Waals surface area contributed by atoms with Crippen LogP contribution < -0.4 is 10.6 Å². The highest BCUT2D eigenvalue weighted by atomic mass is 16.5. The summed E-state index contributed by atoms with van der Waals surface area (Å²) in [6, 6.07) is 10.3. The van der Waals surface area contributed by atoms with Gasteiger partial charge in [0.2, 0.25) is 0 Å². The number of nitrogens with one attached hydrogen (secondary N) is 2. The quantitative estimate of drug-likeness (QED) is 0.874. The number of morpholine rings is 1. The standard InChI is InChI=1S/C18H27N3O2/c22-17(19-10-11-21-12-14-23-15-13-21)20-18(8-4-5-9-18)16-6-2-1-3-7-16/h1-3,6-7H,4-5,8-15H2,(H2,19,20,22). The highest BCUT2D eigenvalue weighted by Gasteiger charge is 2.36. The van der Waals surface area contributed by atoms with Crippen LogP contribution in [0.4, 0.5) is 4.79 Å². The summed E-state index contributed by atoms with van der Waals surface area (Å²) in [6.07, 6.45) is 4.38. The number of carbonyl (C=O) groups excluding carboxylic acids is 1. The molecule has 1 aliphatic heterocycles. The summed E-state index contributed by atoms with van der Waals surface area (Å²) in [6.45, 7) is 5.06. The van der Waals surface area contributed by atoms with Gasteiger partial charge in [0, 0.05) is 26.2 Å². The van der Waals surface area contributed by atoms with E-state index in [-0.39, 0.29) is 11.6 Å². The number of ether oxygens (including phenoxy) is 1. The largest absolute Gasteiger partial charge is 0.379 e. The first-order chi connectivity index (χ1) is 11.3. The van der Waals surface area contributed by atoms with Crippen molar-refractivity contribution in [2.24, 2.45) is 0 Å². The Kier molecular flexibility index (Phi) is 5.51. The fourth-order valence-corrected chi connectivity index (χ4v) is 3.64. The van der Waals surface area contributed by atoms with E-state index in [0.29, 0.717) is 6.54 Å². The van der Waals surface area contributed by atoms with Crippen molar-refractivity contribution in [1.29, 1.82) is 0 Å². The molecule has 2 N–H and O–H groups in total. The van der Waals surface area contributed by atoms with Gasteiger partial charge in [-0.15, -0.1) is 0 Å². The molecule has 2 amide bonds. The van der Waals surface area contributed by atoms with Crippen molar-refractivity contribution < 1.29 is 9.53 Å².